The van der Waals surface area contributed by atoms with Gasteiger partial charge in [0.25, 0.3) is 5.92 Å². The summed E-state index contributed by atoms with van der Waals surface area (Å²) in [6, 6.07) is 5.65. The Morgan fingerprint density at radius 3 is 2.55 bits per heavy atom. The number of aromatic nitrogens is 1. The highest BCUT2D eigenvalue weighted by Crippen LogP contribution is 2.44. The molecule has 4 heteroatoms. The Bertz CT molecular complexity index is 967. The predicted molar refractivity (Wildman–Crippen MR) is 115 cm³/mol. The van der Waals surface area contributed by atoms with Crippen molar-refractivity contribution in [1.29, 1.82) is 0 Å². The summed E-state index contributed by atoms with van der Waals surface area (Å²) in [6.45, 7) is 8.55. The summed E-state index contributed by atoms with van der Waals surface area (Å²) >= 11 is 0. The van der Waals surface area contributed by atoms with Crippen molar-refractivity contribution in [3.8, 4) is 11.3 Å². The molecule has 0 spiro atoms. The van der Waals surface area contributed by atoms with Gasteiger partial charge in [0, 0.05) is 23.2 Å². The topological polar surface area (TPSA) is 24.9 Å². The fraction of sp³-hybridized carbons (Fsp3) is 0.480. The van der Waals surface area contributed by atoms with Gasteiger partial charge in [-0.25, -0.2) is 8.78 Å². The lowest BCUT2D eigenvalue weighted by molar-refractivity contribution is -0.00180. The zero-order valence-corrected chi connectivity index (χ0v) is 17.8. The summed E-state index contributed by atoms with van der Waals surface area (Å²) in [5, 5.41) is 3.65. The third-order valence-electron chi connectivity index (χ3n) is 6.38. The summed E-state index contributed by atoms with van der Waals surface area (Å²) in [5.74, 6) is -2.29. The maximum atomic E-state index is 14.3. The number of hydrogen-bond acceptors (Lipinski definition) is 2. The first-order valence-electron chi connectivity index (χ1n) is 10.8. The van der Waals surface area contributed by atoms with Crippen molar-refractivity contribution < 1.29 is 8.78 Å². The molecule has 1 aromatic carbocycles. The molecule has 1 saturated carbocycles. The average molecular weight is 397 g/mol. The SMILES string of the molecule is CCc1cc(-c2cc3c(cc2C)CCC3(F)F)ncc1NC(=C1CCC1)C(C)C. The van der Waals surface area contributed by atoms with Crippen LogP contribution in [-0.2, 0) is 18.8 Å². The number of halogens is 2. The van der Waals surface area contributed by atoms with Gasteiger partial charge in [0.1, 0.15) is 0 Å². The molecule has 0 unspecified atom stereocenters. The predicted octanol–water partition coefficient (Wildman–Crippen LogP) is 7.16. The van der Waals surface area contributed by atoms with Crippen molar-refractivity contribution >= 4 is 5.69 Å². The standard InChI is InChI=1S/C25H30F2N2/c1-5-17-12-22(20-13-21-19(11-16(20)4)9-10-25(21,26)27)28-14-23(17)29-24(15(2)3)18-7-6-8-18/h11-15,29H,5-10H2,1-4H3. The van der Waals surface area contributed by atoms with E-state index < -0.39 is 5.92 Å². The molecule has 4 rings (SSSR count). The first-order valence-corrected chi connectivity index (χ1v) is 10.8. The Balaban J connectivity index is 1.71. The summed E-state index contributed by atoms with van der Waals surface area (Å²) in [5.41, 5.74) is 8.58. The van der Waals surface area contributed by atoms with Gasteiger partial charge in [-0.1, -0.05) is 32.4 Å². The molecule has 1 heterocycles. The van der Waals surface area contributed by atoms with Gasteiger partial charge < -0.3 is 5.32 Å². The van der Waals surface area contributed by atoms with Crippen LogP contribution in [0.1, 0.15) is 68.7 Å². The fourth-order valence-corrected chi connectivity index (χ4v) is 4.48. The van der Waals surface area contributed by atoms with Gasteiger partial charge in [-0.2, -0.15) is 0 Å². The molecule has 0 atom stereocenters. The molecular formula is C25H30F2N2. The molecule has 0 radical (unpaired) electrons. The largest absolute Gasteiger partial charge is 0.357 e. The quantitative estimate of drug-likeness (QED) is 0.580. The van der Waals surface area contributed by atoms with Crippen molar-refractivity contribution in [3.05, 3.63) is 57.9 Å². The molecule has 2 nitrogen and oxygen atoms in total. The minimum absolute atomic E-state index is 0.0889. The van der Waals surface area contributed by atoms with E-state index >= 15 is 0 Å². The third-order valence-corrected chi connectivity index (χ3v) is 6.38. The van der Waals surface area contributed by atoms with Crippen LogP contribution in [0.15, 0.2) is 35.7 Å². The summed E-state index contributed by atoms with van der Waals surface area (Å²) in [6.07, 6.45) is 6.72. The highest BCUT2D eigenvalue weighted by molar-refractivity contribution is 5.70. The van der Waals surface area contributed by atoms with Crippen LogP contribution in [0.2, 0.25) is 0 Å². The number of hydrogen-bond donors (Lipinski definition) is 1. The fourth-order valence-electron chi connectivity index (χ4n) is 4.48. The first kappa shape index (κ1) is 20.1. The zero-order valence-electron chi connectivity index (χ0n) is 17.8. The molecule has 0 saturated heterocycles. The maximum Gasteiger partial charge on any atom is 0.273 e. The highest BCUT2D eigenvalue weighted by atomic mass is 19.3. The molecule has 2 aliphatic rings. The van der Waals surface area contributed by atoms with E-state index in [0.717, 1.165) is 34.5 Å². The van der Waals surface area contributed by atoms with Gasteiger partial charge in [-0.3, -0.25) is 4.98 Å². The Labute approximate surface area is 172 Å². The maximum absolute atomic E-state index is 14.3. The number of rotatable bonds is 5. The van der Waals surface area contributed by atoms with Crippen LogP contribution < -0.4 is 5.32 Å². The molecular weight excluding hydrogens is 366 g/mol. The van der Waals surface area contributed by atoms with Crippen LogP contribution in [0.5, 0.6) is 0 Å². The van der Waals surface area contributed by atoms with Gasteiger partial charge in [0.15, 0.2) is 0 Å². The number of aryl methyl sites for hydroxylation is 3. The first-order chi connectivity index (χ1) is 13.8. The Morgan fingerprint density at radius 1 is 1.17 bits per heavy atom. The van der Waals surface area contributed by atoms with Crippen LogP contribution in [0, 0.1) is 12.8 Å². The molecule has 0 aliphatic heterocycles. The second kappa shape index (κ2) is 7.55. The average Bonchev–Trinajstić information content (AvgIpc) is 2.93. The Kier molecular flexibility index (Phi) is 5.22. The molecule has 29 heavy (non-hydrogen) atoms. The van der Waals surface area contributed by atoms with Crippen molar-refractivity contribution in [2.45, 2.75) is 72.1 Å². The molecule has 1 N–H and O–H groups in total. The van der Waals surface area contributed by atoms with Crippen molar-refractivity contribution in [2.24, 2.45) is 5.92 Å². The molecule has 2 aromatic rings. The van der Waals surface area contributed by atoms with Crippen LogP contribution in [0.4, 0.5) is 14.5 Å². The molecule has 1 fully saturated rings. The van der Waals surface area contributed by atoms with E-state index in [1.807, 2.05) is 19.2 Å². The van der Waals surface area contributed by atoms with E-state index in [9.17, 15) is 8.78 Å². The second-order valence-electron chi connectivity index (χ2n) is 8.76. The minimum Gasteiger partial charge on any atom is -0.357 e. The second-order valence-corrected chi connectivity index (χ2v) is 8.76. The van der Waals surface area contributed by atoms with Crippen molar-refractivity contribution in [2.75, 3.05) is 5.32 Å². The van der Waals surface area contributed by atoms with E-state index in [-0.39, 0.29) is 12.0 Å². The number of benzene rings is 1. The number of anilines is 1. The summed E-state index contributed by atoms with van der Waals surface area (Å²) in [7, 11) is 0. The third kappa shape index (κ3) is 3.70. The van der Waals surface area contributed by atoms with Gasteiger partial charge in [0.05, 0.1) is 17.6 Å². The lowest BCUT2D eigenvalue weighted by atomic mass is 9.87. The lowest BCUT2D eigenvalue weighted by Crippen LogP contribution is -2.15. The molecule has 2 aliphatic carbocycles. The minimum atomic E-state index is -2.73. The van der Waals surface area contributed by atoms with E-state index in [2.05, 4.69) is 37.1 Å². The van der Waals surface area contributed by atoms with Crippen LogP contribution in [0.25, 0.3) is 11.3 Å². The number of alkyl halides is 2. The van der Waals surface area contributed by atoms with Crippen molar-refractivity contribution in [1.82, 2.24) is 4.98 Å². The lowest BCUT2D eigenvalue weighted by Gasteiger charge is -2.26. The highest BCUT2D eigenvalue weighted by Gasteiger charge is 2.39. The number of allylic oxidation sites excluding steroid dienone is 2. The van der Waals surface area contributed by atoms with E-state index in [4.69, 9.17) is 0 Å². The number of nitrogens with zero attached hydrogens (tertiary/aromatic N) is 1. The van der Waals surface area contributed by atoms with Crippen LogP contribution >= 0.6 is 0 Å². The summed E-state index contributed by atoms with van der Waals surface area (Å²) < 4.78 is 28.5. The molecule has 154 valence electrons. The van der Waals surface area contributed by atoms with E-state index in [1.54, 1.807) is 6.07 Å². The monoisotopic (exact) mass is 396 g/mol. The van der Waals surface area contributed by atoms with Gasteiger partial charge >= 0.3 is 0 Å². The van der Waals surface area contributed by atoms with Crippen LogP contribution in [0.3, 0.4) is 0 Å². The normalized spacial score (nSPS) is 17.3. The number of fused-ring (bicyclic) bond motifs is 1. The van der Waals surface area contributed by atoms with Crippen molar-refractivity contribution in [3.63, 3.8) is 0 Å². The van der Waals surface area contributed by atoms with Gasteiger partial charge in [-0.15, -0.1) is 0 Å². The van der Waals surface area contributed by atoms with Crippen LogP contribution in [-0.4, -0.2) is 4.98 Å². The molecule has 1 aromatic heterocycles. The zero-order chi connectivity index (χ0) is 20.8. The number of pyridine rings is 1. The molecule has 0 bridgehead atoms. The smallest absolute Gasteiger partial charge is 0.273 e. The van der Waals surface area contributed by atoms with E-state index in [1.165, 1.54) is 36.1 Å². The van der Waals surface area contributed by atoms with E-state index in [0.29, 0.717) is 12.3 Å². The number of nitrogens with one attached hydrogen (secondary N) is 1. The van der Waals surface area contributed by atoms with Gasteiger partial charge in [0.2, 0.25) is 0 Å². The Hall–Kier alpha value is -2.23. The Morgan fingerprint density at radius 2 is 1.93 bits per heavy atom. The molecule has 0 amide bonds. The summed E-state index contributed by atoms with van der Waals surface area (Å²) in [4.78, 5) is 4.68. The van der Waals surface area contributed by atoms with Gasteiger partial charge in [-0.05, 0) is 73.8 Å².